The molecule has 0 aromatic carbocycles. The summed E-state index contributed by atoms with van der Waals surface area (Å²) in [6.07, 6.45) is 6.91. The van der Waals surface area contributed by atoms with Gasteiger partial charge in [-0.1, -0.05) is 12.1 Å². The molecule has 0 radical (unpaired) electrons. The summed E-state index contributed by atoms with van der Waals surface area (Å²) >= 11 is 4.65. The minimum atomic E-state index is 0. The van der Waals surface area contributed by atoms with Crippen LogP contribution in [0.1, 0.15) is 6.92 Å². The van der Waals surface area contributed by atoms with Crippen molar-refractivity contribution >= 4 is 12.2 Å². The van der Waals surface area contributed by atoms with Crippen LogP contribution in [0.2, 0.25) is 0 Å². The number of nitrogens with zero attached hydrogens (tertiary/aromatic N) is 4. The van der Waals surface area contributed by atoms with Crippen molar-refractivity contribution in [3.8, 4) is 28.5 Å². The molecule has 0 aliphatic heterocycles. The van der Waals surface area contributed by atoms with Crippen molar-refractivity contribution in [1.82, 2.24) is 24.9 Å². The maximum absolute atomic E-state index is 5.63. The van der Waals surface area contributed by atoms with Crippen LogP contribution >= 0.6 is 12.2 Å². The predicted molar refractivity (Wildman–Crippen MR) is 111 cm³/mol. The number of nitrogens with one attached hydrogen (secondary N) is 1. The van der Waals surface area contributed by atoms with Crippen LogP contribution in [-0.2, 0) is 21.1 Å². The van der Waals surface area contributed by atoms with E-state index in [0.717, 1.165) is 28.5 Å². The van der Waals surface area contributed by atoms with Gasteiger partial charge in [0.15, 0.2) is 4.77 Å². The summed E-state index contributed by atoms with van der Waals surface area (Å²) in [5.41, 5.74) is 3.19. The van der Waals surface area contributed by atoms with E-state index in [9.17, 15) is 0 Å². The molecule has 0 bridgehead atoms. The summed E-state index contributed by atoms with van der Waals surface area (Å²) in [5.74, 6) is 0.772. The second kappa shape index (κ2) is 11.9. The quantitative estimate of drug-likeness (QED) is 0.350. The number of pyridine rings is 3. The Hall–Kier alpha value is -2.76. The summed E-state index contributed by atoms with van der Waals surface area (Å²) in [6.45, 7) is 2.56. The standard InChI is InChI=1S/C17H15N3O.C4H4N2S.Pt/c1-2-21-13-11-16(14-7-3-5-9-18-14)20-17(12-13)15-8-4-6-10-19-15;7-4-5-2-1-3-6-4;/h3-12H,2H2,1H3;1-3H,(H,5,6,7);/q;;+4. The molecule has 0 spiro atoms. The van der Waals surface area contributed by atoms with E-state index in [-0.39, 0.29) is 21.1 Å². The first-order chi connectivity index (χ1) is 13.8. The fraction of sp³-hybridized carbons (Fsp3) is 0.0952. The second-order valence-corrected chi connectivity index (χ2v) is 5.91. The van der Waals surface area contributed by atoms with Crippen molar-refractivity contribution < 1.29 is 25.8 Å². The Labute approximate surface area is 188 Å². The van der Waals surface area contributed by atoms with E-state index >= 15 is 0 Å². The molecule has 0 fully saturated rings. The van der Waals surface area contributed by atoms with Crippen LogP contribution < -0.4 is 4.74 Å². The van der Waals surface area contributed by atoms with Crippen molar-refractivity contribution in [2.75, 3.05) is 6.61 Å². The molecule has 4 heterocycles. The van der Waals surface area contributed by atoms with Crippen LogP contribution in [0.4, 0.5) is 0 Å². The van der Waals surface area contributed by atoms with E-state index in [1.807, 2.05) is 55.5 Å². The number of H-pyrrole nitrogens is 1. The molecule has 4 rings (SSSR count). The zero-order chi connectivity index (χ0) is 19.6. The third-order valence-corrected chi connectivity index (χ3v) is 3.77. The first-order valence-corrected chi connectivity index (χ1v) is 9.14. The first-order valence-electron chi connectivity index (χ1n) is 8.73. The Morgan fingerprint density at radius 2 is 1.41 bits per heavy atom. The fourth-order valence-corrected chi connectivity index (χ4v) is 2.49. The zero-order valence-electron chi connectivity index (χ0n) is 15.6. The molecular formula is C21H19N5OPtS+4. The number of aromatic nitrogens is 5. The molecule has 8 heteroatoms. The van der Waals surface area contributed by atoms with Crippen molar-refractivity contribution in [1.29, 1.82) is 0 Å². The smallest absolute Gasteiger partial charge is 0.494 e. The van der Waals surface area contributed by atoms with E-state index < -0.39 is 0 Å². The van der Waals surface area contributed by atoms with Crippen LogP contribution in [-0.4, -0.2) is 31.5 Å². The van der Waals surface area contributed by atoms with Gasteiger partial charge in [0, 0.05) is 36.9 Å². The largest absolute Gasteiger partial charge is 4.00 e. The van der Waals surface area contributed by atoms with Gasteiger partial charge in [-0.3, -0.25) is 9.97 Å². The Bertz CT molecular complexity index is 986. The number of ether oxygens (including phenoxy) is 1. The van der Waals surface area contributed by atoms with Crippen molar-refractivity contribution in [3.63, 3.8) is 0 Å². The minimum Gasteiger partial charge on any atom is -0.494 e. The Balaban J connectivity index is 0.000000319. The number of rotatable bonds is 4. The average Bonchev–Trinajstić information content (AvgIpc) is 2.76. The van der Waals surface area contributed by atoms with Gasteiger partial charge in [-0.15, -0.1) is 0 Å². The number of aromatic amines is 1. The van der Waals surface area contributed by atoms with Crippen LogP contribution in [0, 0.1) is 4.77 Å². The van der Waals surface area contributed by atoms with Gasteiger partial charge < -0.3 is 9.72 Å². The second-order valence-electron chi connectivity index (χ2n) is 5.52. The van der Waals surface area contributed by atoms with Crippen LogP contribution in [0.5, 0.6) is 5.75 Å². The van der Waals surface area contributed by atoms with Crippen molar-refractivity contribution in [2.45, 2.75) is 6.92 Å². The predicted octanol–water partition coefficient (Wildman–Crippen LogP) is 4.74. The molecule has 6 nitrogen and oxygen atoms in total. The molecular weight excluding hydrogens is 565 g/mol. The van der Waals surface area contributed by atoms with E-state index in [4.69, 9.17) is 4.74 Å². The van der Waals surface area contributed by atoms with E-state index in [1.54, 1.807) is 30.9 Å². The monoisotopic (exact) mass is 584 g/mol. The molecule has 0 aliphatic carbocycles. The van der Waals surface area contributed by atoms with Gasteiger partial charge in [0.1, 0.15) is 5.75 Å². The fourth-order valence-electron chi connectivity index (χ4n) is 2.36. The molecule has 29 heavy (non-hydrogen) atoms. The third-order valence-electron chi connectivity index (χ3n) is 3.55. The SMILES string of the molecule is CCOc1cc(-c2ccccn2)nc(-c2ccccn2)c1.S=c1nccc[nH]1.[Pt+4]. The maximum atomic E-state index is 5.63. The van der Waals surface area contributed by atoms with Crippen LogP contribution in [0.25, 0.3) is 22.8 Å². The number of hydrogen-bond donors (Lipinski definition) is 1. The molecule has 0 saturated heterocycles. The van der Waals surface area contributed by atoms with E-state index in [0.29, 0.717) is 11.4 Å². The minimum absolute atomic E-state index is 0. The molecule has 0 saturated carbocycles. The van der Waals surface area contributed by atoms with Gasteiger partial charge in [0.05, 0.1) is 29.4 Å². The average molecular weight is 585 g/mol. The normalized spacial score (nSPS) is 9.55. The summed E-state index contributed by atoms with van der Waals surface area (Å²) in [4.78, 5) is 19.8. The van der Waals surface area contributed by atoms with Crippen molar-refractivity contribution in [3.05, 3.63) is 84.2 Å². The summed E-state index contributed by atoms with van der Waals surface area (Å²) in [6, 6.07) is 17.1. The summed E-state index contributed by atoms with van der Waals surface area (Å²) in [5, 5.41) is 0. The van der Waals surface area contributed by atoms with Gasteiger partial charge >= 0.3 is 21.1 Å². The Morgan fingerprint density at radius 3 is 1.79 bits per heavy atom. The van der Waals surface area contributed by atoms with Gasteiger partial charge in [-0.2, -0.15) is 0 Å². The Morgan fingerprint density at radius 1 is 0.828 bits per heavy atom. The van der Waals surface area contributed by atoms with Crippen LogP contribution in [0.15, 0.2) is 79.4 Å². The molecule has 0 amide bonds. The Kier molecular flexibility index (Phi) is 9.28. The van der Waals surface area contributed by atoms with E-state index in [2.05, 4.69) is 37.1 Å². The zero-order valence-corrected chi connectivity index (χ0v) is 18.7. The van der Waals surface area contributed by atoms with Crippen LogP contribution in [0.3, 0.4) is 0 Å². The summed E-state index contributed by atoms with van der Waals surface area (Å²) in [7, 11) is 0. The third kappa shape index (κ3) is 6.96. The molecule has 0 aliphatic rings. The van der Waals surface area contributed by atoms with E-state index in [1.165, 1.54) is 0 Å². The van der Waals surface area contributed by atoms with Gasteiger partial charge in [-0.25, -0.2) is 9.97 Å². The summed E-state index contributed by atoms with van der Waals surface area (Å²) < 4.78 is 6.16. The number of hydrogen-bond acceptors (Lipinski definition) is 6. The first kappa shape index (κ1) is 22.5. The molecule has 0 unspecified atom stereocenters. The molecule has 146 valence electrons. The topological polar surface area (TPSA) is 76.6 Å². The van der Waals surface area contributed by atoms with Gasteiger partial charge in [0.2, 0.25) is 0 Å². The molecule has 0 atom stereocenters. The molecule has 1 N–H and O–H groups in total. The van der Waals surface area contributed by atoms with Gasteiger partial charge in [0.25, 0.3) is 0 Å². The van der Waals surface area contributed by atoms with Crippen molar-refractivity contribution in [2.24, 2.45) is 0 Å². The van der Waals surface area contributed by atoms with Gasteiger partial charge in [-0.05, 0) is 49.5 Å². The molecule has 4 aromatic rings. The molecule has 4 aromatic heterocycles. The maximum Gasteiger partial charge on any atom is 4.00 e.